The Morgan fingerprint density at radius 1 is 1.13 bits per heavy atom. The predicted octanol–water partition coefficient (Wildman–Crippen LogP) is 1.64. The van der Waals surface area contributed by atoms with Crippen LogP contribution in [0.1, 0.15) is 40.0 Å². The summed E-state index contributed by atoms with van der Waals surface area (Å²) in [4.78, 5) is 38.7. The van der Waals surface area contributed by atoms with Gasteiger partial charge in [-0.05, 0) is 37.9 Å². The molecule has 0 radical (unpaired) electrons. The fourth-order valence-corrected chi connectivity index (χ4v) is 3.25. The molecule has 0 unspecified atom stereocenters. The Kier molecular flexibility index (Phi) is 5.38. The number of carbonyl (C=O) groups excluding carboxylic acids is 2. The number of nitrogens with zero attached hydrogens (tertiary/aromatic N) is 2. The Morgan fingerprint density at radius 3 is 2.30 bits per heavy atom. The van der Waals surface area contributed by atoms with Crippen LogP contribution in [0.4, 0.5) is 0 Å². The SMILES string of the molecule is Cl.O=C(O)[C@@H]1CCCN1CCCN1C(=O)c2ccccc2C1=O. The zero-order chi connectivity index (χ0) is 15.7. The van der Waals surface area contributed by atoms with Gasteiger partial charge in [-0.15, -0.1) is 12.4 Å². The standard InChI is InChI=1S/C16H18N2O4.ClH/c19-14-11-5-1-2-6-12(11)15(20)18(14)10-4-9-17-8-3-7-13(17)16(21)22;/h1-2,5-6,13H,3-4,7-10H2,(H,21,22);1H/t13-;/m0./s1. The first-order valence-electron chi connectivity index (χ1n) is 7.51. The molecule has 1 fully saturated rings. The number of amides is 2. The van der Waals surface area contributed by atoms with Gasteiger partial charge in [0.1, 0.15) is 6.04 Å². The first-order chi connectivity index (χ1) is 10.6. The van der Waals surface area contributed by atoms with E-state index in [-0.39, 0.29) is 24.2 Å². The van der Waals surface area contributed by atoms with E-state index in [1.807, 2.05) is 4.90 Å². The Morgan fingerprint density at radius 2 is 1.74 bits per heavy atom. The second-order valence-electron chi connectivity index (χ2n) is 5.69. The monoisotopic (exact) mass is 338 g/mol. The molecule has 7 heteroatoms. The van der Waals surface area contributed by atoms with Gasteiger partial charge in [0.2, 0.25) is 0 Å². The van der Waals surface area contributed by atoms with Crippen LogP contribution in [0, 0.1) is 0 Å². The quantitative estimate of drug-likeness (QED) is 0.826. The zero-order valence-corrected chi connectivity index (χ0v) is 13.4. The molecule has 1 aromatic rings. The maximum Gasteiger partial charge on any atom is 0.320 e. The number of halogens is 1. The molecule has 2 heterocycles. The lowest BCUT2D eigenvalue weighted by Gasteiger charge is -2.22. The topological polar surface area (TPSA) is 77.9 Å². The van der Waals surface area contributed by atoms with Crippen molar-refractivity contribution < 1.29 is 19.5 Å². The summed E-state index contributed by atoms with van der Waals surface area (Å²) < 4.78 is 0. The number of imide groups is 1. The molecule has 2 amide bonds. The summed E-state index contributed by atoms with van der Waals surface area (Å²) in [6.07, 6.45) is 2.14. The number of rotatable bonds is 5. The minimum atomic E-state index is -0.793. The second-order valence-corrected chi connectivity index (χ2v) is 5.69. The number of benzene rings is 1. The predicted molar refractivity (Wildman–Crippen MR) is 85.9 cm³/mol. The van der Waals surface area contributed by atoms with Gasteiger partial charge in [-0.25, -0.2) is 0 Å². The highest BCUT2D eigenvalue weighted by molar-refractivity contribution is 6.21. The normalized spacial score (nSPS) is 20.5. The lowest BCUT2D eigenvalue weighted by atomic mass is 10.1. The molecule has 3 rings (SSSR count). The molecule has 0 aliphatic carbocycles. The summed E-state index contributed by atoms with van der Waals surface area (Å²) in [5.74, 6) is -1.30. The fraction of sp³-hybridized carbons (Fsp3) is 0.438. The minimum Gasteiger partial charge on any atom is -0.480 e. The summed E-state index contributed by atoms with van der Waals surface area (Å²) in [5.41, 5.74) is 0.911. The summed E-state index contributed by atoms with van der Waals surface area (Å²) >= 11 is 0. The summed E-state index contributed by atoms with van der Waals surface area (Å²) in [5, 5.41) is 9.14. The Labute approximate surface area is 140 Å². The molecular formula is C16H19ClN2O4. The Hall–Kier alpha value is -1.92. The molecule has 2 aliphatic heterocycles. The van der Waals surface area contributed by atoms with Crippen LogP contribution in [-0.2, 0) is 4.79 Å². The van der Waals surface area contributed by atoms with Crippen LogP contribution in [-0.4, -0.2) is 58.4 Å². The molecule has 0 bridgehead atoms. The first kappa shape index (κ1) is 17.4. The van der Waals surface area contributed by atoms with Crippen molar-refractivity contribution in [1.82, 2.24) is 9.80 Å². The molecule has 0 saturated carbocycles. The van der Waals surface area contributed by atoms with E-state index in [1.165, 1.54) is 4.90 Å². The molecule has 0 aromatic heterocycles. The van der Waals surface area contributed by atoms with E-state index in [4.69, 9.17) is 5.11 Å². The van der Waals surface area contributed by atoms with Gasteiger partial charge in [-0.1, -0.05) is 12.1 Å². The number of hydrogen-bond donors (Lipinski definition) is 1. The lowest BCUT2D eigenvalue weighted by molar-refractivity contribution is -0.142. The van der Waals surface area contributed by atoms with Crippen molar-refractivity contribution in [2.75, 3.05) is 19.6 Å². The zero-order valence-electron chi connectivity index (χ0n) is 12.6. The summed E-state index contributed by atoms with van der Waals surface area (Å²) in [6.45, 7) is 1.68. The van der Waals surface area contributed by atoms with Crippen LogP contribution >= 0.6 is 12.4 Å². The van der Waals surface area contributed by atoms with E-state index in [1.54, 1.807) is 24.3 Å². The van der Waals surface area contributed by atoms with Gasteiger partial charge >= 0.3 is 5.97 Å². The van der Waals surface area contributed by atoms with E-state index in [2.05, 4.69) is 0 Å². The smallest absolute Gasteiger partial charge is 0.320 e. The molecule has 1 aromatic carbocycles. The van der Waals surface area contributed by atoms with E-state index < -0.39 is 12.0 Å². The maximum atomic E-state index is 12.2. The third-order valence-corrected chi connectivity index (χ3v) is 4.35. The third kappa shape index (κ3) is 3.23. The lowest BCUT2D eigenvalue weighted by Crippen LogP contribution is -2.38. The van der Waals surface area contributed by atoms with Crippen LogP contribution in [0.2, 0.25) is 0 Å². The molecule has 2 aliphatic rings. The van der Waals surface area contributed by atoms with Crippen LogP contribution in [0.15, 0.2) is 24.3 Å². The molecule has 1 N–H and O–H groups in total. The number of carbonyl (C=O) groups is 3. The average molecular weight is 339 g/mol. The van der Waals surface area contributed by atoms with Crippen molar-refractivity contribution in [3.8, 4) is 0 Å². The van der Waals surface area contributed by atoms with Crippen molar-refractivity contribution in [3.05, 3.63) is 35.4 Å². The van der Waals surface area contributed by atoms with Crippen molar-refractivity contribution in [2.24, 2.45) is 0 Å². The van der Waals surface area contributed by atoms with Crippen LogP contribution < -0.4 is 0 Å². The molecule has 6 nitrogen and oxygen atoms in total. The number of hydrogen-bond acceptors (Lipinski definition) is 4. The molecule has 0 spiro atoms. The Balaban J connectivity index is 0.00000192. The van der Waals surface area contributed by atoms with Gasteiger partial charge in [-0.3, -0.25) is 24.2 Å². The second kappa shape index (κ2) is 7.10. The number of carboxylic acids is 1. The minimum absolute atomic E-state index is 0. The molecule has 124 valence electrons. The van der Waals surface area contributed by atoms with Crippen molar-refractivity contribution >= 4 is 30.2 Å². The largest absolute Gasteiger partial charge is 0.480 e. The highest BCUT2D eigenvalue weighted by Gasteiger charge is 2.35. The number of carboxylic acid groups (broad SMARTS) is 1. The van der Waals surface area contributed by atoms with Crippen LogP contribution in [0.5, 0.6) is 0 Å². The van der Waals surface area contributed by atoms with Gasteiger partial charge in [0.05, 0.1) is 11.1 Å². The van der Waals surface area contributed by atoms with Gasteiger partial charge < -0.3 is 5.11 Å². The molecule has 1 atom stereocenters. The van der Waals surface area contributed by atoms with Gasteiger partial charge in [0, 0.05) is 13.1 Å². The maximum absolute atomic E-state index is 12.2. The average Bonchev–Trinajstić information content (AvgIpc) is 3.07. The van der Waals surface area contributed by atoms with Gasteiger partial charge in [-0.2, -0.15) is 0 Å². The van der Waals surface area contributed by atoms with Crippen molar-refractivity contribution in [1.29, 1.82) is 0 Å². The number of aliphatic carboxylic acids is 1. The number of likely N-dealkylation sites (tertiary alicyclic amines) is 1. The first-order valence-corrected chi connectivity index (χ1v) is 7.51. The van der Waals surface area contributed by atoms with Gasteiger partial charge in [0.15, 0.2) is 0 Å². The van der Waals surface area contributed by atoms with Crippen molar-refractivity contribution in [2.45, 2.75) is 25.3 Å². The highest BCUT2D eigenvalue weighted by Crippen LogP contribution is 2.23. The van der Waals surface area contributed by atoms with Crippen LogP contribution in [0.3, 0.4) is 0 Å². The van der Waals surface area contributed by atoms with Crippen molar-refractivity contribution in [3.63, 3.8) is 0 Å². The molecule has 1 saturated heterocycles. The third-order valence-electron chi connectivity index (χ3n) is 4.35. The molecular weight excluding hydrogens is 320 g/mol. The number of fused-ring (bicyclic) bond motifs is 1. The van der Waals surface area contributed by atoms with E-state index in [0.717, 1.165) is 13.0 Å². The van der Waals surface area contributed by atoms with E-state index in [0.29, 0.717) is 37.1 Å². The van der Waals surface area contributed by atoms with E-state index in [9.17, 15) is 14.4 Å². The van der Waals surface area contributed by atoms with Gasteiger partial charge in [0.25, 0.3) is 11.8 Å². The highest BCUT2D eigenvalue weighted by atomic mass is 35.5. The van der Waals surface area contributed by atoms with Crippen LogP contribution in [0.25, 0.3) is 0 Å². The summed E-state index contributed by atoms with van der Waals surface area (Å²) in [7, 11) is 0. The Bertz CT molecular complexity index is 599. The fourth-order valence-electron chi connectivity index (χ4n) is 3.25. The molecule has 23 heavy (non-hydrogen) atoms. The summed E-state index contributed by atoms with van der Waals surface area (Å²) in [6, 6.07) is 6.39. The van der Waals surface area contributed by atoms with E-state index >= 15 is 0 Å².